The molecule has 1 aliphatic rings. The summed E-state index contributed by atoms with van der Waals surface area (Å²) in [5.74, 6) is 0.934. The van der Waals surface area contributed by atoms with E-state index in [9.17, 15) is 4.79 Å². The molecule has 1 atom stereocenters. The molecule has 1 fully saturated rings. The van der Waals surface area contributed by atoms with Gasteiger partial charge in [0.2, 0.25) is 5.91 Å². The first kappa shape index (κ1) is 14.6. The Balaban J connectivity index is 2.06. The molecule has 6 heteroatoms. The van der Waals surface area contributed by atoms with Gasteiger partial charge in [-0.25, -0.2) is 0 Å². The second-order valence-electron chi connectivity index (χ2n) is 4.72. The van der Waals surface area contributed by atoms with Crippen molar-refractivity contribution >= 4 is 39.1 Å². The lowest BCUT2D eigenvalue weighted by Crippen LogP contribution is -2.28. The summed E-state index contributed by atoms with van der Waals surface area (Å²) >= 11 is 9.31. The molecule has 1 amide bonds. The maximum Gasteiger partial charge on any atom is 0.226 e. The van der Waals surface area contributed by atoms with Crippen LogP contribution in [0.3, 0.4) is 0 Å². The van der Waals surface area contributed by atoms with E-state index in [1.807, 2.05) is 0 Å². The molecule has 0 saturated heterocycles. The van der Waals surface area contributed by atoms with Crippen molar-refractivity contribution in [1.29, 1.82) is 0 Å². The summed E-state index contributed by atoms with van der Waals surface area (Å²) in [6, 6.07) is 3.31. The standard InChI is InChI=1S/C13H16BrClN2O2/c1-19-13-9(14)4-8(15)5-11(13)17-12(18)6-10(16)7-2-3-7/h4-5,7,10H,2-3,6,16H2,1H3,(H,17,18). The van der Waals surface area contributed by atoms with E-state index >= 15 is 0 Å². The molecule has 2 rings (SSSR count). The van der Waals surface area contributed by atoms with Gasteiger partial charge in [-0.05, 0) is 46.8 Å². The normalized spacial score (nSPS) is 16.0. The summed E-state index contributed by atoms with van der Waals surface area (Å²) in [5.41, 5.74) is 6.49. The lowest BCUT2D eigenvalue weighted by Gasteiger charge is -2.14. The van der Waals surface area contributed by atoms with Crippen molar-refractivity contribution in [1.82, 2.24) is 0 Å². The fraction of sp³-hybridized carbons (Fsp3) is 0.462. The van der Waals surface area contributed by atoms with Gasteiger partial charge in [0.1, 0.15) is 0 Å². The Morgan fingerprint density at radius 2 is 2.32 bits per heavy atom. The molecule has 0 aromatic heterocycles. The average molecular weight is 348 g/mol. The van der Waals surface area contributed by atoms with Crippen LogP contribution in [0, 0.1) is 5.92 Å². The first-order valence-electron chi connectivity index (χ1n) is 6.09. The van der Waals surface area contributed by atoms with E-state index in [2.05, 4.69) is 21.2 Å². The van der Waals surface area contributed by atoms with Crippen LogP contribution >= 0.6 is 27.5 Å². The quantitative estimate of drug-likeness (QED) is 0.860. The molecule has 104 valence electrons. The van der Waals surface area contributed by atoms with Crippen molar-refractivity contribution < 1.29 is 9.53 Å². The van der Waals surface area contributed by atoms with Crippen molar-refractivity contribution in [3.05, 3.63) is 21.6 Å². The number of amides is 1. The zero-order valence-electron chi connectivity index (χ0n) is 10.6. The highest BCUT2D eigenvalue weighted by molar-refractivity contribution is 9.10. The summed E-state index contributed by atoms with van der Waals surface area (Å²) in [6.07, 6.45) is 2.57. The number of hydrogen-bond donors (Lipinski definition) is 2. The molecule has 0 spiro atoms. The molecule has 3 N–H and O–H groups in total. The predicted octanol–water partition coefficient (Wildman–Crippen LogP) is 3.18. The maximum atomic E-state index is 11.9. The van der Waals surface area contributed by atoms with Gasteiger partial charge in [-0.3, -0.25) is 4.79 Å². The van der Waals surface area contributed by atoms with Crippen LogP contribution in [0.5, 0.6) is 5.75 Å². The first-order chi connectivity index (χ1) is 9.01. The van der Waals surface area contributed by atoms with E-state index in [1.165, 1.54) is 0 Å². The number of nitrogens with two attached hydrogens (primary N) is 1. The number of methoxy groups -OCH3 is 1. The van der Waals surface area contributed by atoms with Gasteiger partial charge < -0.3 is 15.8 Å². The largest absolute Gasteiger partial charge is 0.493 e. The monoisotopic (exact) mass is 346 g/mol. The number of rotatable bonds is 5. The summed E-state index contributed by atoms with van der Waals surface area (Å²) in [4.78, 5) is 11.9. The molecule has 1 aliphatic carbocycles. The predicted molar refractivity (Wildman–Crippen MR) is 79.7 cm³/mol. The average Bonchev–Trinajstić information content (AvgIpc) is 3.11. The minimum atomic E-state index is -0.119. The number of ether oxygens (including phenoxy) is 1. The minimum Gasteiger partial charge on any atom is -0.493 e. The van der Waals surface area contributed by atoms with Crippen LogP contribution in [0.15, 0.2) is 16.6 Å². The van der Waals surface area contributed by atoms with Crippen LogP contribution < -0.4 is 15.8 Å². The lowest BCUT2D eigenvalue weighted by atomic mass is 10.1. The van der Waals surface area contributed by atoms with E-state index in [0.717, 1.165) is 12.8 Å². The topological polar surface area (TPSA) is 64.3 Å². The Kier molecular flexibility index (Phi) is 4.71. The third-order valence-electron chi connectivity index (χ3n) is 3.14. The minimum absolute atomic E-state index is 0.0615. The summed E-state index contributed by atoms with van der Waals surface area (Å²) < 4.78 is 5.94. The van der Waals surface area contributed by atoms with Gasteiger partial charge in [-0.2, -0.15) is 0 Å². The van der Waals surface area contributed by atoms with Gasteiger partial charge >= 0.3 is 0 Å². The third kappa shape index (κ3) is 3.84. The summed E-state index contributed by atoms with van der Waals surface area (Å²) in [5, 5.41) is 3.32. The number of benzene rings is 1. The number of hydrogen-bond acceptors (Lipinski definition) is 3. The van der Waals surface area contributed by atoms with Crippen LogP contribution in [-0.4, -0.2) is 19.1 Å². The fourth-order valence-corrected chi connectivity index (χ4v) is 2.94. The molecule has 0 bridgehead atoms. The molecular weight excluding hydrogens is 332 g/mol. The van der Waals surface area contributed by atoms with E-state index in [1.54, 1.807) is 19.2 Å². The SMILES string of the molecule is COc1c(Br)cc(Cl)cc1NC(=O)CC(N)C1CC1. The molecule has 0 heterocycles. The van der Waals surface area contributed by atoms with Gasteiger partial charge in [-0.1, -0.05) is 11.6 Å². The smallest absolute Gasteiger partial charge is 0.226 e. The van der Waals surface area contributed by atoms with E-state index in [-0.39, 0.29) is 11.9 Å². The third-order valence-corrected chi connectivity index (χ3v) is 3.94. The zero-order valence-corrected chi connectivity index (χ0v) is 12.9. The molecular formula is C13H16BrClN2O2. The van der Waals surface area contributed by atoms with Crippen molar-refractivity contribution in [2.24, 2.45) is 11.7 Å². The van der Waals surface area contributed by atoms with Crippen LogP contribution in [0.2, 0.25) is 5.02 Å². The van der Waals surface area contributed by atoms with Crippen molar-refractivity contribution in [3.63, 3.8) is 0 Å². The van der Waals surface area contributed by atoms with E-state index in [4.69, 9.17) is 22.1 Å². The van der Waals surface area contributed by atoms with Crippen LogP contribution in [-0.2, 0) is 4.79 Å². The highest BCUT2D eigenvalue weighted by Crippen LogP contribution is 2.37. The molecule has 0 aliphatic heterocycles. The highest BCUT2D eigenvalue weighted by Gasteiger charge is 2.30. The van der Waals surface area contributed by atoms with Gasteiger partial charge in [0, 0.05) is 17.5 Å². The van der Waals surface area contributed by atoms with Crippen molar-refractivity contribution in [2.75, 3.05) is 12.4 Å². The maximum absolute atomic E-state index is 11.9. The van der Waals surface area contributed by atoms with Crippen molar-refractivity contribution in [3.8, 4) is 5.75 Å². The Bertz CT molecular complexity index is 492. The molecule has 4 nitrogen and oxygen atoms in total. The highest BCUT2D eigenvalue weighted by atomic mass is 79.9. The van der Waals surface area contributed by atoms with Gasteiger partial charge in [0.15, 0.2) is 5.75 Å². The number of carbonyl (C=O) groups is 1. The number of nitrogens with one attached hydrogen (secondary N) is 1. The van der Waals surface area contributed by atoms with Crippen LogP contribution in [0.1, 0.15) is 19.3 Å². The Morgan fingerprint density at radius 3 is 2.89 bits per heavy atom. The molecule has 1 saturated carbocycles. The molecule has 19 heavy (non-hydrogen) atoms. The fourth-order valence-electron chi connectivity index (χ4n) is 1.97. The second kappa shape index (κ2) is 6.11. The summed E-state index contributed by atoms with van der Waals surface area (Å²) in [6.45, 7) is 0. The van der Waals surface area contributed by atoms with Crippen molar-refractivity contribution in [2.45, 2.75) is 25.3 Å². The Labute approximate surface area is 125 Å². The number of halogens is 2. The van der Waals surface area contributed by atoms with Crippen LogP contribution in [0.4, 0.5) is 5.69 Å². The molecule has 1 aromatic carbocycles. The van der Waals surface area contributed by atoms with Gasteiger partial charge in [0.25, 0.3) is 0 Å². The van der Waals surface area contributed by atoms with Gasteiger partial charge in [0.05, 0.1) is 17.3 Å². The van der Waals surface area contributed by atoms with Crippen LogP contribution in [0.25, 0.3) is 0 Å². The Hall–Kier alpha value is -0.780. The van der Waals surface area contributed by atoms with E-state index in [0.29, 0.717) is 33.3 Å². The lowest BCUT2D eigenvalue weighted by molar-refractivity contribution is -0.116. The molecule has 1 aromatic rings. The summed E-state index contributed by atoms with van der Waals surface area (Å²) in [7, 11) is 1.54. The number of carbonyl (C=O) groups excluding carboxylic acids is 1. The first-order valence-corrected chi connectivity index (χ1v) is 7.27. The van der Waals surface area contributed by atoms with Gasteiger partial charge in [-0.15, -0.1) is 0 Å². The Morgan fingerprint density at radius 1 is 1.63 bits per heavy atom. The van der Waals surface area contributed by atoms with E-state index < -0.39 is 0 Å². The number of anilines is 1. The molecule has 0 radical (unpaired) electrons. The second-order valence-corrected chi connectivity index (χ2v) is 6.01. The zero-order chi connectivity index (χ0) is 14.0. The molecule has 1 unspecified atom stereocenters.